The van der Waals surface area contributed by atoms with Gasteiger partial charge in [-0.2, -0.15) is 0 Å². The average molecular weight is 279 g/mol. The van der Waals surface area contributed by atoms with Crippen LogP contribution in [-0.4, -0.2) is 29.7 Å². The number of carbonyl (C=O) groups is 2. The van der Waals surface area contributed by atoms with Gasteiger partial charge in [0.2, 0.25) is 5.91 Å². The maximum absolute atomic E-state index is 11.7. The largest absolute Gasteiger partial charge is 0.479 e. The van der Waals surface area contributed by atoms with E-state index < -0.39 is 12.0 Å². The molecule has 0 saturated carbocycles. The van der Waals surface area contributed by atoms with Crippen LogP contribution in [0.2, 0.25) is 0 Å². The number of hydrogen-bond donors (Lipinski definition) is 2. The number of carboxylic acid groups (broad SMARTS) is 1. The fourth-order valence-electron chi connectivity index (χ4n) is 1.72. The monoisotopic (exact) mass is 279 g/mol. The third kappa shape index (κ3) is 5.84. The molecule has 5 nitrogen and oxygen atoms in total. The SMILES string of the molecule is CC(C)OCCCC(=O)N[C@@H](C(=O)O)c1ccccc1. The Kier molecular flexibility index (Phi) is 6.73. The lowest BCUT2D eigenvalue weighted by atomic mass is 10.1. The first-order chi connectivity index (χ1) is 9.50. The molecule has 0 heterocycles. The van der Waals surface area contributed by atoms with Gasteiger partial charge < -0.3 is 15.2 Å². The van der Waals surface area contributed by atoms with E-state index in [0.29, 0.717) is 18.6 Å². The van der Waals surface area contributed by atoms with Crippen molar-refractivity contribution in [1.29, 1.82) is 0 Å². The summed E-state index contributed by atoms with van der Waals surface area (Å²) in [6, 6.07) is 7.65. The van der Waals surface area contributed by atoms with Crippen LogP contribution in [-0.2, 0) is 14.3 Å². The van der Waals surface area contributed by atoms with E-state index in [0.717, 1.165) is 0 Å². The fraction of sp³-hybridized carbons (Fsp3) is 0.467. The highest BCUT2D eigenvalue weighted by atomic mass is 16.5. The Balaban J connectivity index is 2.46. The number of carbonyl (C=O) groups excluding carboxylic acids is 1. The van der Waals surface area contributed by atoms with E-state index in [1.54, 1.807) is 30.3 Å². The average Bonchev–Trinajstić information content (AvgIpc) is 2.41. The van der Waals surface area contributed by atoms with Crippen molar-refractivity contribution in [1.82, 2.24) is 5.32 Å². The Morgan fingerprint density at radius 2 is 1.90 bits per heavy atom. The van der Waals surface area contributed by atoms with Gasteiger partial charge in [0.05, 0.1) is 6.10 Å². The molecule has 0 fully saturated rings. The molecule has 1 aromatic carbocycles. The summed E-state index contributed by atoms with van der Waals surface area (Å²) in [7, 11) is 0. The Bertz CT molecular complexity index is 431. The molecule has 110 valence electrons. The summed E-state index contributed by atoms with van der Waals surface area (Å²) in [5, 5.41) is 11.7. The van der Waals surface area contributed by atoms with E-state index in [4.69, 9.17) is 4.74 Å². The molecular weight excluding hydrogens is 258 g/mol. The van der Waals surface area contributed by atoms with Crippen LogP contribution in [0.25, 0.3) is 0 Å². The molecule has 1 rings (SSSR count). The Hall–Kier alpha value is -1.88. The lowest BCUT2D eigenvalue weighted by Gasteiger charge is -2.15. The van der Waals surface area contributed by atoms with Gasteiger partial charge >= 0.3 is 5.97 Å². The van der Waals surface area contributed by atoms with Crippen molar-refractivity contribution in [2.24, 2.45) is 0 Å². The number of nitrogens with one attached hydrogen (secondary N) is 1. The van der Waals surface area contributed by atoms with Gasteiger partial charge in [-0.05, 0) is 25.8 Å². The maximum Gasteiger partial charge on any atom is 0.330 e. The van der Waals surface area contributed by atoms with Crippen LogP contribution in [0.3, 0.4) is 0 Å². The zero-order chi connectivity index (χ0) is 15.0. The molecule has 0 aliphatic carbocycles. The van der Waals surface area contributed by atoms with Crippen LogP contribution in [0, 0.1) is 0 Å². The molecule has 0 saturated heterocycles. The minimum Gasteiger partial charge on any atom is -0.479 e. The van der Waals surface area contributed by atoms with Gasteiger partial charge in [-0.25, -0.2) is 4.79 Å². The summed E-state index contributed by atoms with van der Waals surface area (Å²) in [5.41, 5.74) is 0.562. The van der Waals surface area contributed by atoms with Crippen molar-refractivity contribution in [3.05, 3.63) is 35.9 Å². The second-order valence-corrected chi connectivity index (χ2v) is 4.77. The van der Waals surface area contributed by atoms with E-state index in [1.165, 1.54) is 0 Å². The summed E-state index contributed by atoms with van der Waals surface area (Å²) in [6.07, 6.45) is 0.961. The molecule has 2 N–H and O–H groups in total. The number of carboxylic acids is 1. The molecule has 0 unspecified atom stereocenters. The molecule has 0 aromatic heterocycles. The van der Waals surface area contributed by atoms with Gasteiger partial charge in [-0.3, -0.25) is 4.79 Å². The van der Waals surface area contributed by atoms with E-state index >= 15 is 0 Å². The molecule has 5 heteroatoms. The maximum atomic E-state index is 11.7. The minimum atomic E-state index is -1.07. The second-order valence-electron chi connectivity index (χ2n) is 4.77. The number of benzene rings is 1. The van der Waals surface area contributed by atoms with Gasteiger partial charge in [-0.1, -0.05) is 30.3 Å². The normalized spacial score (nSPS) is 12.2. The minimum absolute atomic E-state index is 0.133. The third-order valence-corrected chi connectivity index (χ3v) is 2.68. The molecule has 0 aliphatic rings. The van der Waals surface area contributed by atoms with Crippen LogP contribution < -0.4 is 5.32 Å². The molecular formula is C15H21NO4. The molecule has 1 aromatic rings. The van der Waals surface area contributed by atoms with Crippen LogP contribution in [0.5, 0.6) is 0 Å². The van der Waals surface area contributed by atoms with Crippen molar-refractivity contribution in [3.8, 4) is 0 Å². The van der Waals surface area contributed by atoms with Gasteiger partial charge in [0.25, 0.3) is 0 Å². The predicted molar refractivity (Wildman–Crippen MR) is 75.3 cm³/mol. The van der Waals surface area contributed by atoms with Crippen molar-refractivity contribution in [3.63, 3.8) is 0 Å². The standard InChI is InChI=1S/C15H21NO4/c1-11(2)20-10-6-9-13(17)16-14(15(18)19)12-7-4-3-5-8-12/h3-5,7-8,11,14H,6,9-10H2,1-2H3,(H,16,17)(H,18,19)/t14-/m1/s1. The highest BCUT2D eigenvalue weighted by Gasteiger charge is 2.21. The Morgan fingerprint density at radius 3 is 2.45 bits per heavy atom. The van der Waals surface area contributed by atoms with Crippen LogP contribution in [0.4, 0.5) is 0 Å². The van der Waals surface area contributed by atoms with Gasteiger partial charge in [0, 0.05) is 13.0 Å². The topological polar surface area (TPSA) is 75.6 Å². The number of rotatable bonds is 8. The Labute approximate surface area is 118 Å². The summed E-state index contributed by atoms with van der Waals surface area (Å²) in [4.78, 5) is 23.0. The van der Waals surface area contributed by atoms with E-state index in [9.17, 15) is 14.7 Å². The van der Waals surface area contributed by atoms with E-state index in [2.05, 4.69) is 5.32 Å². The summed E-state index contributed by atoms with van der Waals surface area (Å²) < 4.78 is 5.33. The second kappa shape index (κ2) is 8.32. The van der Waals surface area contributed by atoms with Gasteiger partial charge in [0.1, 0.15) is 0 Å². The third-order valence-electron chi connectivity index (χ3n) is 2.68. The van der Waals surface area contributed by atoms with Gasteiger partial charge in [0.15, 0.2) is 6.04 Å². The molecule has 0 aliphatic heterocycles. The fourth-order valence-corrected chi connectivity index (χ4v) is 1.72. The van der Waals surface area contributed by atoms with Crippen molar-refractivity contribution in [2.45, 2.75) is 38.8 Å². The Morgan fingerprint density at radius 1 is 1.25 bits per heavy atom. The smallest absolute Gasteiger partial charge is 0.330 e. The predicted octanol–water partition coefficient (Wildman–Crippen LogP) is 2.13. The van der Waals surface area contributed by atoms with Gasteiger partial charge in [-0.15, -0.1) is 0 Å². The highest BCUT2D eigenvalue weighted by molar-refractivity contribution is 5.84. The molecule has 1 atom stereocenters. The van der Waals surface area contributed by atoms with Crippen LogP contribution in [0.15, 0.2) is 30.3 Å². The lowest BCUT2D eigenvalue weighted by Crippen LogP contribution is -2.33. The number of amides is 1. The van der Waals surface area contributed by atoms with Crippen molar-refractivity contribution >= 4 is 11.9 Å². The van der Waals surface area contributed by atoms with Crippen molar-refractivity contribution in [2.75, 3.05) is 6.61 Å². The summed E-state index contributed by atoms with van der Waals surface area (Å²) >= 11 is 0. The molecule has 20 heavy (non-hydrogen) atoms. The first kappa shape index (κ1) is 16.2. The molecule has 0 bridgehead atoms. The first-order valence-corrected chi connectivity index (χ1v) is 6.69. The quantitative estimate of drug-likeness (QED) is 0.715. The first-order valence-electron chi connectivity index (χ1n) is 6.69. The van der Waals surface area contributed by atoms with Crippen molar-refractivity contribution < 1.29 is 19.4 Å². The highest BCUT2D eigenvalue weighted by Crippen LogP contribution is 2.13. The summed E-state index contributed by atoms with van der Waals surface area (Å²) in [5.74, 6) is -1.35. The zero-order valence-corrected chi connectivity index (χ0v) is 11.8. The van der Waals surface area contributed by atoms with Crippen LogP contribution >= 0.6 is 0 Å². The molecule has 1 amide bonds. The molecule has 0 radical (unpaired) electrons. The lowest BCUT2D eigenvalue weighted by molar-refractivity contribution is -0.142. The number of ether oxygens (including phenoxy) is 1. The molecule has 0 spiro atoms. The zero-order valence-electron chi connectivity index (χ0n) is 11.8. The van der Waals surface area contributed by atoms with Crippen LogP contribution in [0.1, 0.15) is 38.3 Å². The number of hydrogen-bond acceptors (Lipinski definition) is 3. The van der Waals surface area contributed by atoms with E-state index in [-0.39, 0.29) is 18.4 Å². The van der Waals surface area contributed by atoms with E-state index in [1.807, 2.05) is 13.8 Å². The number of aliphatic carboxylic acids is 1. The summed E-state index contributed by atoms with van der Waals surface area (Å²) in [6.45, 7) is 4.35.